The third kappa shape index (κ3) is 3.35. The van der Waals surface area contributed by atoms with E-state index in [0.29, 0.717) is 15.9 Å². The number of benzene rings is 2. The van der Waals surface area contributed by atoms with Crippen LogP contribution in [0.3, 0.4) is 0 Å². The van der Waals surface area contributed by atoms with Crippen LogP contribution in [0.2, 0.25) is 0 Å². The summed E-state index contributed by atoms with van der Waals surface area (Å²) in [5, 5.41) is 11.9. The summed E-state index contributed by atoms with van der Waals surface area (Å²) >= 11 is 0. The third-order valence-electron chi connectivity index (χ3n) is 4.46. The van der Waals surface area contributed by atoms with Crippen molar-refractivity contribution in [2.75, 3.05) is 0 Å². The Morgan fingerprint density at radius 3 is 2.36 bits per heavy atom. The quantitative estimate of drug-likeness (QED) is 0.251. The van der Waals surface area contributed by atoms with Crippen molar-refractivity contribution >= 4 is 22.7 Å². The van der Waals surface area contributed by atoms with Gasteiger partial charge in [-0.25, -0.2) is 4.79 Å². The van der Waals surface area contributed by atoms with Crippen molar-refractivity contribution in [2.45, 2.75) is 6.10 Å². The maximum Gasteiger partial charge on any atom is 0.339 e. The molecule has 2 aromatic heterocycles. The largest absolute Gasteiger partial charge is 0.619 e. The van der Waals surface area contributed by atoms with E-state index in [2.05, 4.69) is 4.98 Å². The number of H-pyrrole nitrogens is 1. The first-order valence-corrected chi connectivity index (χ1v) is 8.68. The van der Waals surface area contributed by atoms with E-state index in [0.717, 1.165) is 10.9 Å². The minimum absolute atomic E-state index is 0.194. The lowest BCUT2D eigenvalue weighted by Gasteiger charge is -2.17. The number of fused-ring (bicyclic) bond motifs is 1. The normalized spacial score (nSPS) is 11.9. The summed E-state index contributed by atoms with van der Waals surface area (Å²) in [6, 6.07) is 19.0. The highest BCUT2D eigenvalue weighted by molar-refractivity contribution is 6.11. The molecule has 0 radical (unpaired) electrons. The summed E-state index contributed by atoms with van der Waals surface area (Å²) in [5.41, 5.74) is 2.04. The molecule has 4 aromatic rings. The van der Waals surface area contributed by atoms with Crippen molar-refractivity contribution in [3.8, 4) is 0 Å². The molecule has 0 fully saturated rings. The third-order valence-corrected chi connectivity index (χ3v) is 4.46. The Kier molecular flexibility index (Phi) is 4.60. The molecule has 1 atom stereocenters. The van der Waals surface area contributed by atoms with Crippen molar-refractivity contribution in [2.24, 2.45) is 0 Å². The molecule has 0 aliphatic heterocycles. The predicted molar refractivity (Wildman–Crippen MR) is 103 cm³/mol. The van der Waals surface area contributed by atoms with Gasteiger partial charge in [0.15, 0.2) is 18.5 Å². The van der Waals surface area contributed by atoms with E-state index < -0.39 is 12.1 Å². The monoisotopic (exact) mass is 372 g/mol. The molecule has 1 N–H and O–H groups in total. The fraction of sp³-hybridized carbons (Fsp3) is 0.0455. The lowest BCUT2D eigenvalue weighted by Crippen LogP contribution is -2.25. The van der Waals surface area contributed by atoms with E-state index in [4.69, 9.17) is 4.74 Å². The van der Waals surface area contributed by atoms with Crippen LogP contribution in [0, 0.1) is 5.21 Å². The van der Waals surface area contributed by atoms with Crippen molar-refractivity contribution in [1.29, 1.82) is 0 Å². The van der Waals surface area contributed by atoms with Crippen LogP contribution in [0.4, 0.5) is 0 Å². The molecule has 0 amide bonds. The fourth-order valence-corrected chi connectivity index (χ4v) is 3.04. The number of carbonyl (C=O) groups is 2. The lowest BCUT2D eigenvalue weighted by molar-refractivity contribution is -0.605. The second-order valence-corrected chi connectivity index (χ2v) is 6.25. The number of ether oxygens (including phenoxy) is 1. The summed E-state index contributed by atoms with van der Waals surface area (Å²) in [6.45, 7) is 0. The van der Waals surface area contributed by atoms with Gasteiger partial charge < -0.3 is 14.9 Å². The number of ketones is 1. The van der Waals surface area contributed by atoms with Gasteiger partial charge in [-0.05, 0) is 6.07 Å². The van der Waals surface area contributed by atoms with Crippen LogP contribution in [-0.2, 0) is 4.74 Å². The molecule has 2 heterocycles. The molecule has 6 heteroatoms. The van der Waals surface area contributed by atoms with Crippen molar-refractivity contribution in [3.05, 3.63) is 107 Å². The molecule has 28 heavy (non-hydrogen) atoms. The molecule has 0 aliphatic carbocycles. The van der Waals surface area contributed by atoms with Crippen LogP contribution >= 0.6 is 0 Å². The number of aromatic amines is 1. The first-order chi connectivity index (χ1) is 13.6. The van der Waals surface area contributed by atoms with E-state index in [1.54, 1.807) is 30.5 Å². The van der Waals surface area contributed by atoms with E-state index in [1.807, 2.05) is 30.3 Å². The van der Waals surface area contributed by atoms with Gasteiger partial charge in [0.25, 0.3) is 0 Å². The highest BCUT2D eigenvalue weighted by Gasteiger charge is 2.28. The molecule has 4 rings (SSSR count). The van der Waals surface area contributed by atoms with Crippen LogP contribution in [0.1, 0.15) is 32.4 Å². The Balaban J connectivity index is 1.70. The number of nitrogens with zero attached hydrogens (tertiary/aromatic N) is 1. The smallest absolute Gasteiger partial charge is 0.339 e. The van der Waals surface area contributed by atoms with Gasteiger partial charge in [-0.1, -0.05) is 48.5 Å². The summed E-state index contributed by atoms with van der Waals surface area (Å²) in [6.07, 6.45) is 2.93. The molecule has 138 valence electrons. The average Bonchev–Trinajstić information content (AvgIpc) is 3.17. The molecule has 0 saturated carbocycles. The zero-order valence-corrected chi connectivity index (χ0v) is 14.7. The fourth-order valence-electron chi connectivity index (χ4n) is 3.04. The van der Waals surface area contributed by atoms with Gasteiger partial charge in [-0.2, -0.15) is 4.73 Å². The molecule has 6 nitrogen and oxygen atoms in total. The molecule has 0 spiro atoms. The molecular formula is C22H16N2O4. The van der Waals surface area contributed by atoms with E-state index in [9.17, 15) is 14.8 Å². The Bertz CT molecular complexity index is 1130. The Morgan fingerprint density at radius 2 is 1.61 bits per heavy atom. The first-order valence-electron chi connectivity index (χ1n) is 8.68. The van der Waals surface area contributed by atoms with Gasteiger partial charge in [0.05, 0.1) is 5.56 Å². The standard InChI is InChI=1S/C22H16N2O4/c25-20(18-14-23-19-9-5-4-8-17(18)19)21(15-6-2-1-3-7-15)28-22(26)16-10-12-24(27)13-11-16/h1-14,21,23H. The summed E-state index contributed by atoms with van der Waals surface area (Å²) in [4.78, 5) is 28.9. The lowest BCUT2D eigenvalue weighted by atomic mass is 9.99. The van der Waals surface area contributed by atoms with Crippen molar-refractivity contribution < 1.29 is 19.1 Å². The number of aromatic nitrogens is 2. The van der Waals surface area contributed by atoms with Crippen LogP contribution in [0.25, 0.3) is 10.9 Å². The van der Waals surface area contributed by atoms with Crippen molar-refractivity contribution in [1.82, 2.24) is 4.98 Å². The number of esters is 1. The number of pyridine rings is 1. The molecule has 0 aliphatic rings. The van der Waals surface area contributed by atoms with Gasteiger partial charge in [-0.15, -0.1) is 0 Å². The molecular weight excluding hydrogens is 356 g/mol. The summed E-state index contributed by atoms with van der Waals surface area (Å²) < 4.78 is 6.16. The Morgan fingerprint density at radius 1 is 0.929 bits per heavy atom. The van der Waals surface area contributed by atoms with Crippen LogP contribution < -0.4 is 4.73 Å². The second-order valence-electron chi connectivity index (χ2n) is 6.25. The zero-order chi connectivity index (χ0) is 19.5. The van der Waals surface area contributed by atoms with E-state index in [-0.39, 0.29) is 11.3 Å². The Labute approximate surface area is 160 Å². The van der Waals surface area contributed by atoms with E-state index in [1.165, 1.54) is 24.5 Å². The maximum atomic E-state index is 13.3. The Hall–Kier alpha value is -3.93. The summed E-state index contributed by atoms with van der Waals surface area (Å²) in [7, 11) is 0. The van der Waals surface area contributed by atoms with Gasteiger partial charge in [0.1, 0.15) is 0 Å². The van der Waals surface area contributed by atoms with Gasteiger partial charge in [0, 0.05) is 40.4 Å². The number of carbonyl (C=O) groups excluding carboxylic acids is 2. The zero-order valence-electron chi connectivity index (χ0n) is 14.7. The molecule has 0 saturated heterocycles. The number of rotatable bonds is 5. The minimum Gasteiger partial charge on any atom is -0.619 e. The number of nitrogens with one attached hydrogen (secondary N) is 1. The van der Waals surface area contributed by atoms with Crippen LogP contribution in [-0.4, -0.2) is 16.7 Å². The summed E-state index contributed by atoms with van der Waals surface area (Å²) in [5.74, 6) is -1.01. The topological polar surface area (TPSA) is 86.1 Å². The molecule has 1 unspecified atom stereocenters. The number of para-hydroxylation sites is 1. The number of hydrogen-bond donors (Lipinski definition) is 1. The van der Waals surface area contributed by atoms with E-state index >= 15 is 0 Å². The SMILES string of the molecule is O=C(OC(C(=O)c1c[nH]c2ccccc12)c1ccccc1)c1cc[n+]([O-])cc1. The maximum absolute atomic E-state index is 13.3. The number of hydrogen-bond acceptors (Lipinski definition) is 4. The minimum atomic E-state index is -1.10. The van der Waals surface area contributed by atoms with Crippen molar-refractivity contribution in [3.63, 3.8) is 0 Å². The van der Waals surface area contributed by atoms with Crippen LogP contribution in [0.15, 0.2) is 85.3 Å². The first kappa shape index (κ1) is 17.5. The predicted octanol–water partition coefficient (Wildman–Crippen LogP) is 3.58. The number of Topliss-reactive ketones (excluding diaryl/α,β-unsaturated/α-hetero) is 1. The average molecular weight is 372 g/mol. The highest BCUT2D eigenvalue weighted by atomic mass is 16.5. The molecule has 2 aromatic carbocycles. The van der Waals surface area contributed by atoms with Crippen LogP contribution in [0.5, 0.6) is 0 Å². The van der Waals surface area contributed by atoms with Gasteiger partial charge >= 0.3 is 5.97 Å². The van der Waals surface area contributed by atoms with Gasteiger partial charge in [0.2, 0.25) is 5.78 Å². The molecule has 0 bridgehead atoms. The highest BCUT2D eigenvalue weighted by Crippen LogP contribution is 2.27. The van der Waals surface area contributed by atoms with Gasteiger partial charge in [-0.3, -0.25) is 4.79 Å². The second kappa shape index (κ2) is 7.36.